The Morgan fingerprint density at radius 2 is 1.62 bits per heavy atom. The molecule has 0 aliphatic carbocycles. The molecule has 0 saturated carbocycles. The van der Waals surface area contributed by atoms with Crippen molar-refractivity contribution in [2.24, 2.45) is 0 Å². The highest BCUT2D eigenvalue weighted by molar-refractivity contribution is 7.92. The van der Waals surface area contributed by atoms with Crippen LogP contribution >= 0.6 is 0 Å². The molecule has 3 aromatic rings. The van der Waals surface area contributed by atoms with Crippen LogP contribution in [-0.4, -0.2) is 24.1 Å². The zero-order chi connectivity index (χ0) is 17.4. The number of hydrogen-bond donors (Lipinski definition) is 1. The number of halogens is 3. The van der Waals surface area contributed by atoms with Gasteiger partial charge in [0, 0.05) is 0 Å². The summed E-state index contributed by atoms with van der Waals surface area (Å²) in [6.45, 7) is -1.35. The highest BCUT2D eigenvalue weighted by Crippen LogP contribution is 2.27. The second-order valence-electron chi connectivity index (χ2n) is 5.04. The van der Waals surface area contributed by atoms with Gasteiger partial charge in [-0.2, -0.15) is 13.2 Å². The van der Waals surface area contributed by atoms with Gasteiger partial charge in [-0.25, -0.2) is 18.1 Å². The maximum atomic E-state index is 12.9. The van der Waals surface area contributed by atoms with Crippen molar-refractivity contribution in [2.75, 3.05) is 4.72 Å². The van der Waals surface area contributed by atoms with Gasteiger partial charge in [-0.1, -0.05) is 30.3 Å². The minimum atomic E-state index is -4.52. The number of sulfonamides is 1. The number of para-hydroxylation sites is 2. The molecule has 9 heteroatoms. The molecule has 1 N–H and O–H groups in total. The summed E-state index contributed by atoms with van der Waals surface area (Å²) in [6, 6.07) is 13.5. The number of rotatable bonds is 4. The summed E-state index contributed by atoms with van der Waals surface area (Å²) in [5.74, 6) is -0.377. The van der Waals surface area contributed by atoms with Crippen LogP contribution in [-0.2, 0) is 16.6 Å². The third kappa shape index (κ3) is 3.35. The van der Waals surface area contributed by atoms with E-state index in [0.29, 0.717) is 0 Å². The number of fused-ring (bicyclic) bond motifs is 1. The minimum Gasteiger partial charge on any atom is -0.300 e. The monoisotopic (exact) mass is 355 g/mol. The Morgan fingerprint density at radius 3 is 2.29 bits per heavy atom. The zero-order valence-corrected chi connectivity index (χ0v) is 13.0. The molecule has 0 bridgehead atoms. The second kappa shape index (κ2) is 5.82. The largest absolute Gasteiger partial charge is 0.406 e. The molecule has 0 unspecified atom stereocenters. The average Bonchev–Trinajstić information content (AvgIpc) is 2.84. The van der Waals surface area contributed by atoms with Crippen molar-refractivity contribution in [3.63, 3.8) is 0 Å². The topological polar surface area (TPSA) is 64.0 Å². The molecule has 24 heavy (non-hydrogen) atoms. The van der Waals surface area contributed by atoms with Crippen molar-refractivity contribution in [1.29, 1.82) is 0 Å². The van der Waals surface area contributed by atoms with Gasteiger partial charge in [-0.05, 0) is 24.3 Å². The van der Waals surface area contributed by atoms with Crippen LogP contribution in [0.15, 0.2) is 59.5 Å². The lowest BCUT2D eigenvalue weighted by molar-refractivity contribution is -0.139. The van der Waals surface area contributed by atoms with Gasteiger partial charge in [0.15, 0.2) is 0 Å². The van der Waals surface area contributed by atoms with E-state index in [0.717, 1.165) is 4.57 Å². The Bertz CT molecular complexity index is 967. The van der Waals surface area contributed by atoms with Gasteiger partial charge in [0.25, 0.3) is 10.0 Å². The minimum absolute atomic E-state index is 0.0596. The molecule has 0 fully saturated rings. The fraction of sp³-hybridized carbons (Fsp3) is 0.133. The Labute approximate surface area is 135 Å². The Hall–Kier alpha value is -2.55. The molecular weight excluding hydrogens is 343 g/mol. The number of aromatic nitrogens is 2. The first-order chi connectivity index (χ1) is 11.3. The summed E-state index contributed by atoms with van der Waals surface area (Å²) in [6.07, 6.45) is -4.52. The Kier molecular flexibility index (Phi) is 3.96. The predicted molar refractivity (Wildman–Crippen MR) is 83.0 cm³/mol. The molecule has 0 saturated heterocycles. The normalized spacial score (nSPS) is 12.5. The van der Waals surface area contributed by atoms with Crippen LogP contribution in [0.5, 0.6) is 0 Å². The van der Waals surface area contributed by atoms with Gasteiger partial charge in [-0.15, -0.1) is 0 Å². The van der Waals surface area contributed by atoms with E-state index in [1.807, 2.05) is 0 Å². The average molecular weight is 355 g/mol. The molecule has 1 heterocycles. The summed E-state index contributed by atoms with van der Waals surface area (Å²) in [4.78, 5) is 3.92. The van der Waals surface area contributed by atoms with Crippen molar-refractivity contribution >= 4 is 27.0 Å². The number of imidazole rings is 1. The summed E-state index contributed by atoms with van der Waals surface area (Å²) in [7, 11) is -4.04. The van der Waals surface area contributed by atoms with Gasteiger partial charge in [0.2, 0.25) is 5.95 Å². The van der Waals surface area contributed by atoms with Crippen molar-refractivity contribution < 1.29 is 21.6 Å². The van der Waals surface area contributed by atoms with Gasteiger partial charge >= 0.3 is 6.18 Å². The fourth-order valence-corrected chi connectivity index (χ4v) is 3.30. The molecule has 0 amide bonds. The quantitative estimate of drug-likeness (QED) is 0.780. The zero-order valence-electron chi connectivity index (χ0n) is 12.2. The summed E-state index contributed by atoms with van der Waals surface area (Å²) < 4.78 is 66.2. The van der Waals surface area contributed by atoms with Crippen LogP contribution in [0.4, 0.5) is 19.1 Å². The molecular formula is C15H12F3N3O2S. The molecule has 1 aromatic heterocycles. The summed E-state index contributed by atoms with van der Waals surface area (Å²) in [5, 5.41) is 0. The molecule has 0 radical (unpaired) electrons. The molecule has 0 aliphatic heterocycles. The van der Waals surface area contributed by atoms with Crippen LogP contribution in [0.1, 0.15) is 0 Å². The van der Waals surface area contributed by atoms with Gasteiger partial charge in [0.05, 0.1) is 15.9 Å². The van der Waals surface area contributed by atoms with E-state index in [1.165, 1.54) is 36.4 Å². The summed E-state index contributed by atoms with van der Waals surface area (Å²) >= 11 is 0. The highest BCUT2D eigenvalue weighted by atomic mass is 32.2. The van der Waals surface area contributed by atoms with Crippen molar-refractivity contribution in [3.8, 4) is 0 Å². The number of benzene rings is 2. The number of alkyl halides is 3. The third-order valence-electron chi connectivity index (χ3n) is 3.27. The molecule has 2 aromatic carbocycles. The van der Waals surface area contributed by atoms with E-state index in [-0.39, 0.29) is 21.9 Å². The number of nitrogens with one attached hydrogen (secondary N) is 1. The SMILES string of the molecule is O=S(=O)(Nc1nc2ccccc2n1CC(F)(F)F)c1ccccc1. The lowest BCUT2D eigenvalue weighted by Gasteiger charge is -2.13. The molecule has 5 nitrogen and oxygen atoms in total. The van der Waals surface area contributed by atoms with E-state index >= 15 is 0 Å². The summed E-state index contributed by atoms with van der Waals surface area (Å²) in [5.41, 5.74) is 0.466. The van der Waals surface area contributed by atoms with Crippen LogP contribution < -0.4 is 4.72 Å². The van der Waals surface area contributed by atoms with E-state index in [1.54, 1.807) is 18.2 Å². The number of anilines is 1. The van der Waals surface area contributed by atoms with E-state index in [2.05, 4.69) is 9.71 Å². The molecule has 0 aliphatic rings. The highest BCUT2D eigenvalue weighted by Gasteiger charge is 2.31. The Balaban J connectivity index is 2.07. The molecule has 0 spiro atoms. The third-order valence-corrected chi connectivity index (χ3v) is 4.62. The first-order valence-corrected chi connectivity index (χ1v) is 8.34. The van der Waals surface area contributed by atoms with Crippen molar-refractivity contribution in [2.45, 2.75) is 17.6 Å². The Morgan fingerprint density at radius 1 is 1.00 bits per heavy atom. The number of nitrogens with zero attached hydrogens (tertiary/aromatic N) is 2. The smallest absolute Gasteiger partial charge is 0.300 e. The lowest BCUT2D eigenvalue weighted by atomic mass is 10.3. The maximum absolute atomic E-state index is 12.9. The van der Waals surface area contributed by atoms with Crippen molar-refractivity contribution in [3.05, 3.63) is 54.6 Å². The first kappa shape index (κ1) is 16.3. The molecule has 3 rings (SSSR count). The fourth-order valence-electron chi connectivity index (χ4n) is 2.27. The standard InChI is InChI=1S/C15H12F3N3O2S/c16-15(17,18)10-21-13-9-5-4-8-12(13)19-14(21)20-24(22,23)11-6-2-1-3-7-11/h1-9H,10H2,(H,19,20). The maximum Gasteiger partial charge on any atom is 0.406 e. The van der Waals surface area contributed by atoms with Gasteiger partial charge in [0.1, 0.15) is 6.54 Å². The number of hydrogen-bond acceptors (Lipinski definition) is 3. The van der Waals surface area contributed by atoms with Crippen LogP contribution in [0.3, 0.4) is 0 Å². The van der Waals surface area contributed by atoms with E-state index in [9.17, 15) is 21.6 Å². The van der Waals surface area contributed by atoms with Crippen molar-refractivity contribution in [1.82, 2.24) is 9.55 Å². The van der Waals surface area contributed by atoms with Crippen LogP contribution in [0.2, 0.25) is 0 Å². The van der Waals surface area contributed by atoms with Gasteiger partial charge < -0.3 is 4.57 Å². The van der Waals surface area contributed by atoms with E-state index in [4.69, 9.17) is 0 Å². The second-order valence-corrected chi connectivity index (χ2v) is 6.73. The van der Waals surface area contributed by atoms with Crippen LogP contribution in [0.25, 0.3) is 11.0 Å². The molecule has 0 atom stereocenters. The van der Waals surface area contributed by atoms with E-state index < -0.39 is 22.7 Å². The van der Waals surface area contributed by atoms with Crippen LogP contribution in [0, 0.1) is 0 Å². The van der Waals surface area contributed by atoms with Gasteiger partial charge in [-0.3, -0.25) is 0 Å². The predicted octanol–water partition coefficient (Wildman–Crippen LogP) is 3.40. The molecule has 126 valence electrons. The first-order valence-electron chi connectivity index (χ1n) is 6.86. The lowest BCUT2D eigenvalue weighted by Crippen LogP contribution is -2.22.